The van der Waals surface area contributed by atoms with E-state index in [0.717, 1.165) is 10.5 Å². The van der Waals surface area contributed by atoms with E-state index in [2.05, 4.69) is 5.32 Å². The van der Waals surface area contributed by atoms with Crippen molar-refractivity contribution in [2.45, 2.75) is 6.61 Å². The summed E-state index contributed by atoms with van der Waals surface area (Å²) in [5.41, 5.74) is 2.28. The fourth-order valence-corrected chi connectivity index (χ4v) is 3.31. The van der Waals surface area contributed by atoms with E-state index < -0.39 is 17.9 Å². The minimum Gasteiger partial charge on any atom is -0.493 e. The molecule has 8 heteroatoms. The number of carboxylic acid groups (broad SMARTS) is 1. The SMILES string of the molecule is COc1cc(C=C2NC(=O)N(c3ccccc3)C2=O)ccc1OCc1ccc(C(=O)O)cc1. The molecule has 166 valence electrons. The van der Waals surface area contributed by atoms with E-state index >= 15 is 0 Å². The third-order valence-electron chi connectivity index (χ3n) is 4.99. The molecule has 33 heavy (non-hydrogen) atoms. The van der Waals surface area contributed by atoms with Crippen molar-refractivity contribution in [3.8, 4) is 11.5 Å². The zero-order chi connectivity index (χ0) is 23.4. The van der Waals surface area contributed by atoms with Gasteiger partial charge in [0.25, 0.3) is 5.91 Å². The van der Waals surface area contributed by atoms with E-state index in [9.17, 15) is 14.4 Å². The van der Waals surface area contributed by atoms with Crippen LogP contribution in [0.25, 0.3) is 6.08 Å². The van der Waals surface area contributed by atoms with Crippen molar-refractivity contribution < 1.29 is 29.0 Å². The van der Waals surface area contributed by atoms with E-state index in [-0.39, 0.29) is 17.9 Å². The number of carbonyl (C=O) groups is 3. The fourth-order valence-electron chi connectivity index (χ4n) is 3.31. The number of imide groups is 1. The first-order valence-corrected chi connectivity index (χ1v) is 10.0. The molecule has 0 unspecified atom stereocenters. The number of benzene rings is 3. The zero-order valence-electron chi connectivity index (χ0n) is 17.6. The van der Waals surface area contributed by atoms with E-state index in [1.54, 1.807) is 66.7 Å². The number of methoxy groups -OCH3 is 1. The Morgan fingerprint density at radius 3 is 2.39 bits per heavy atom. The zero-order valence-corrected chi connectivity index (χ0v) is 17.6. The van der Waals surface area contributed by atoms with Gasteiger partial charge in [0.15, 0.2) is 11.5 Å². The number of hydrogen-bond acceptors (Lipinski definition) is 5. The second-order valence-electron chi connectivity index (χ2n) is 7.17. The summed E-state index contributed by atoms with van der Waals surface area (Å²) in [4.78, 5) is 37.1. The lowest BCUT2D eigenvalue weighted by Crippen LogP contribution is -2.30. The summed E-state index contributed by atoms with van der Waals surface area (Å²) in [6.45, 7) is 0.220. The molecule has 3 amide bonds. The van der Waals surface area contributed by atoms with Crippen LogP contribution in [0.15, 0.2) is 78.5 Å². The van der Waals surface area contributed by atoms with Gasteiger partial charge in [-0.3, -0.25) is 4.79 Å². The van der Waals surface area contributed by atoms with Gasteiger partial charge < -0.3 is 19.9 Å². The first-order chi connectivity index (χ1) is 16.0. The second-order valence-corrected chi connectivity index (χ2v) is 7.17. The van der Waals surface area contributed by atoms with Gasteiger partial charge in [-0.05, 0) is 53.6 Å². The monoisotopic (exact) mass is 444 g/mol. The Hall–Kier alpha value is -4.59. The van der Waals surface area contributed by atoms with E-state index in [4.69, 9.17) is 14.6 Å². The van der Waals surface area contributed by atoms with Crippen LogP contribution in [0.4, 0.5) is 10.5 Å². The number of carboxylic acids is 1. The highest BCUT2D eigenvalue weighted by molar-refractivity contribution is 6.28. The normalized spacial score (nSPS) is 14.3. The van der Waals surface area contributed by atoms with Gasteiger partial charge >= 0.3 is 12.0 Å². The maximum atomic E-state index is 12.7. The summed E-state index contributed by atoms with van der Waals surface area (Å²) in [7, 11) is 1.50. The molecule has 1 aliphatic rings. The molecule has 8 nitrogen and oxygen atoms in total. The van der Waals surface area contributed by atoms with Crippen molar-refractivity contribution in [1.29, 1.82) is 0 Å². The van der Waals surface area contributed by atoms with Gasteiger partial charge in [0.2, 0.25) is 0 Å². The molecule has 0 radical (unpaired) electrons. The first-order valence-electron chi connectivity index (χ1n) is 10.0. The van der Waals surface area contributed by atoms with E-state index in [1.165, 1.54) is 19.2 Å². The average molecular weight is 444 g/mol. The molecule has 3 aromatic carbocycles. The Kier molecular flexibility index (Phi) is 6.08. The van der Waals surface area contributed by atoms with Crippen LogP contribution >= 0.6 is 0 Å². The van der Waals surface area contributed by atoms with Crippen molar-refractivity contribution in [1.82, 2.24) is 5.32 Å². The highest BCUT2D eigenvalue weighted by atomic mass is 16.5. The summed E-state index contributed by atoms with van der Waals surface area (Å²) in [6, 6.07) is 19.7. The summed E-state index contributed by atoms with van der Waals surface area (Å²) in [5.74, 6) is -0.508. The van der Waals surface area contributed by atoms with Gasteiger partial charge in [-0.25, -0.2) is 14.5 Å². The predicted molar refractivity (Wildman–Crippen MR) is 121 cm³/mol. The van der Waals surface area contributed by atoms with Gasteiger partial charge in [0.05, 0.1) is 18.4 Å². The molecule has 1 saturated heterocycles. The predicted octanol–water partition coefficient (Wildman–Crippen LogP) is 4.07. The van der Waals surface area contributed by atoms with Gasteiger partial charge in [-0.1, -0.05) is 36.4 Å². The van der Waals surface area contributed by atoms with Crippen LogP contribution in [0.3, 0.4) is 0 Å². The molecule has 0 aromatic heterocycles. The van der Waals surface area contributed by atoms with Gasteiger partial charge in [0.1, 0.15) is 12.3 Å². The third-order valence-corrected chi connectivity index (χ3v) is 4.99. The Morgan fingerprint density at radius 2 is 1.73 bits per heavy atom. The van der Waals surface area contributed by atoms with Crippen molar-refractivity contribution in [3.63, 3.8) is 0 Å². The molecule has 0 spiro atoms. The van der Waals surface area contributed by atoms with Crippen LogP contribution in [-0.2, 0) is 11.4 Å². The topological polar surface area (TPSA) is 105 Å². The smallest absolute Gasteiger partial charge is 0.335 e. The number of hydrogen-bond donors (Lipinski definition) is 2. The van der Waals surface area contributed by atoms with Crippen LogP contribution in [0.2, 0.25) is 0 Å². The number of amides is 3. The highest BCUT2D eigenvalue weighted by Gasteiger charge is 2.34. The Morgan fingerprint density at radius 1 is 1.00 bits per heavy atom. The second kappa shape index (κ2) is 9.27. The van der Waals surface area contributed by atoms with Crippen molar-refractivity contribution in [3.05, 3.63) is 95.2 Å². The molecule has 4 rings (SSSR count). The molecular weight excluding hydrogens is 424 g/mol. The quantitative estimate of drug-likeness (QED) is 0.420. The van der Waals surface area contributed by atoms with E-state index in [0.29, 0.717) is 22.7 Å². The van der Waals surface area contributed by atoms with Gasteiger partial charge in [-0.2, -0.15) is 0 Å². The number of aromatic carboxylic acids is 1. The van der Waals surface area contributed by atoms with Crippen LogP contribution in [0.1, 0.15) is 21.5 Å². The Balaban J connectivity index is 1.49. The van der Waals surface area contributed by atoms with Crippen LogP contribution in [-0.4, -0.2) is 30.1 Å². The molecular formula is C25H20N2O6. The Bertz CT molecular complexity index is 1240. The standard InChI is InChI=1S/C25H20N2O6/c1-32-22-14-17(9-12-21(22)33-15-16-7-10-18(11-8-16)24(29)30)13-20-23(28)27(25(31)26-20)19-5-3-2-4-6-19/h2-14H,15H2,1H3,(H,26,31)(H,29,30). The third kappa shape index (κ3) is 4.69. The molecule has 0 bridgehead atoms. The number of anilines is 1. The summed E-state index contributed by atoms with van der Waals surface area (Å²) in [6.07, 6.45) is 1.57. The maximum Gasteiger partial charge on any atom is 0.335 e. The van der Waals surface area contributed by atoms with Crippen molar-refractivity contribution in [2.24, 2.45) is 0 Å². The summed E-state index contributed by atoms with van der Waals surface area (Å²) >= 11 is 0. The first kappa shape index (κ1) is 21.6. The average Bonchev–Trinajstić information content (AvgIpc) is 3.11. The van der Waals surface area contributed by atoms with E-state index in [1.807, 2.05) is 0 Å². The summed E-state index contributed by atoms with van der Waals surface area (Å²) in [5, 5.41) is 11.6. The number of urea groups is 1. The minimum absolute atomic E-state index is 0.151. The van der Waals surface area contributed by atoms with Crippen molar-refractivity contribution >= 4 is 29.7 Å². The number of carbonyl (C=O) groups excluding carboxylic acids is 2. The lowest BCUT2D eigenvalue weighted by atomic mass is 10.1. The highest BCUT2D eigenvalue weighted by Crippen LogP contribution is 2.30. The minimum atomic E-state index is -0.988. The van der Waals surface area contributed by atoms with Crippen LogP contribution in [0.5, 0.6) is 11.5 Å². The molecule has 1 fully saturated rings. The lowest BCUT2D eigenvalue weighted by Gasteiger charge is -2.12. The molecule has 0 aliphatic carbocycles. The molecule has 1 heterocycles. The number of para-hydroxylation sites is 1. The van der Waals surface area contributed by atoms with Crippen molar-refractivity contribution in [2.75, 3.05) is 12.0 Å². The van der Waals surface area contributed by atoms with Gasteiger partial charge in [0, 0.05) is 0 Å². The van der Waals surface area contributed by atoms with Crippen LogP contribution < -0.4 is 19.7 Å². The molecule has 1 aliphatic heterocycles. The fraction of sp³-hybridized carbons (Fsp3) is 0.0800. The van der Waals surface area contributed by atoms with Gasteiger partial charge in [-0.15, -0.1) is 0 Å². The van der Waals surface area contributed by atoms with Crippen LogP contribution in [0, 0.1) is 0 Å². The molecule has 3 aromatic rings. The number of nitrogens with one attached hydrogen (secondary N) is 1. The summed E-state index contributed by atoms with van der Waals surface area (Å²) < 4.78 is 11.2. The Labute approximate surface area is 189 Å². The number of ether oxygens (including phenoxy) is 2. The number of rotatable bonds is 7. The lowest BCUT2D eigenvalue weighted by molar-refractivity contribution is -0.113. The maximum absolute atomic E-state index is 12.7. The molecule has 2 N–H and O–H groups in total. The largest absolute Gasteiger partial charge is 0.493 e. The number of nitrogens with zero attached hydrogens (tertiary/aromatic N) is 1. The molecule has 0 atom stereocenters. The molecule has 0 saturated carbocycles.